The molecule has 43 heavy (non-hydrogen) atoms. The summed E-state index contributed by atoms with van der Waals surface area (Å²) in [5.41, 5.74) is 0.781. The maximum absolute atomic E-state index is 14.4. The molecule has 0 radical (unpaired) electrons. The van der Waals surface area contributed by atoms with E-state index in [2.05, 4.69) is 0 Å². The van der Waals surface area contributed by atoms with E-state index >= 15 is 0 Å². The van der Waals surface area contributed by atoms with Crippen molar-refractivity contribution >= 4 is 28.7 Å². The third-order valence-corrected chi connectivity index (χ3v) is 7.90. The van der Waals surface area contributed by atoms with Crippen LogP contribution in [-0.4, -0.2) is 88.7 Å². The number of hydrogen-bond acceptors (Lipinski definition) is 5. The summed E-state index contributed by atoms with van der Waals surface area (Å²) in [4.78, 5) is 45.9. The Labute approximate surface area is 253 Å². The van der Waals surface area contributed by atoms with E-state index in [-0.39, 0.29) is 18.7 Å². The Kier molecular flexibility index (Phi) is 10.1. The molecule has 1 aliphatic heterocycles. The van der Waals surface area contributed by atoms with E-state index in [1.165, 1.54) is 29.0 Å². The van der Waals surface area contributed by atoms with Crippen molar-refractivity contribution in [2.75, 3.05) is 27.2 Å². The molecule has 8 nitrogen and oxygen atoms in total. The fraction of sp³-hybridized carbons (Fsp3) is 0.441. The number of rotatable bonds is 8. The van der Waals surface area contributed by atoms with Crippen molar-refractivity contribution in [3.05, 3.63) is 83.7 Å². The molecule has 1 saturated heterocycles. The van der Waals surface area contributed by atoms with Gasteiger partial charge in [-0.05, 0) is 67.6 Å². The lowest BCUT2D eigenvalue weighted by molar-refractivity contribution is -0.148. The highest BCUT2D eigenvalue weighted by atomic mass is 19.1. The van der Waals surface area contributed by atoms with Gasteiger partial charge in [0.25, 0.3) is 0 Å². The normalized spacial score (nSPS) is 15.6. The molecule has 3 amide bonds. The third kappa shape index (κ3) is 8.32. The Morgan fingerprint density at radius 2 is 1.47 bits per heavy atom. The molecule has 1 N–H and O–H groups in total. The number of aliphatic hydroxyl groups is 1. The lowest BCUT2D eigenvalue weighted by atomic mass is 9.98. The molecular weight excluding hydrogens is 549 g/mol. The second-order valence-electron chi connectivity index (χ2n) is 12.3. The van der Waals surface area contributed by atoms with Crippen LogP contribution in [0.5, 0.6) is 0 Å². The summed E-state index contributed by atoms with van der Waals surface area (Å²) in [5, 5.41) is 12.1. The van der Waals surface area contributed by atoms with Crippen LogP contribution in [0.4, 0.5) is 9.18 Å². The van der Waals surface area contributed by atoms with Crippen LogP contribution in [0, 0.1) is 5.82 Å². The Hall–Kier alpha value is -3.98. The summed E-state index contributed by atoms with van der Waals surface area (Å²) in [6.07, 6.45) is 0.174. The maximum Gasteiger partial charge on any atom is 0.410 e. The first-order valence-electron chi connectivity index (χ1n) is 14.7. The molecule has 0 aromatic heterocycles. The van der Waals surface area contributed by atoms with Crippen LogP contribution in [0.25, 0.3) is 10.8 Å². The number of likely N-dealkylation sites (tertiary alicyclic amines) is 1. The first-order valence-corrected chi connectivity index (χ1v) is 14.7. The van der Waals surface area contributed by atoms with Crippen LogP contribution in [0.2, 0.25) is 0 Å². The number of carbonyl (C=O) groups is 3. The van der Waals surface area contributed by atoms with Crippen molar-refractivity contribution in [1.82, 2.24) is 14.7 Å². The van der Waals surface area contributed by atoms with Gasteiger partial charge in [0, 0.05) is 40.0 Å². The molecular formula is C34H42FN3O5. The molecule has 0 bridgehead atoms. The molecule has 0 spiro atoms. The van der Waals surface area contributed by atoms with Crippen molar-refractivity contribution in [3.8, 4) is 0 Å². The Bertz CT molecular complexity index is 1430. The van der Waals surface area contributed by atoms with E-state index in [4.69, 9.17) is 4.74 Å². The average Bonchev–Trinajstić information content (AvgIpc) is 2.97. The van der Waals surface area contributed by atoms with Gasteiger partial charge in [-0.3, -0.25) is 14.5 Å². The third-order valence-electron chi connectivity index (χ3n) is 7.90. The van der Waals surface area contributed by atoms with Crippen molar-refractivity contribution in [3.63, 3.8) is 0 Å². The lowest BCUT2D eigenvalue weighted by Gasteiger charge is -2.38. The number of piperidine rings is 1. The fourth-order valence-corrected chi connectivity index (χ4v) is 5.36. The largest absolute Gasteiger partial charge is 0.444 e. The van der Waals surface area contributed by atoms with E-state index in [1.807, 2.05) is 42.5 Å². The summed E-state index contributed by atoms with van der Waals surface area (Å²) in [6.45, 7) is 6.04. The number of hydrogen-bond donors (Lipinski definition) is 1. The van der Waals surface area contributed by atoms with Crippen LogP contribution in [0.15, 0.2) is 66.7 Å². The highest BCUT2D eigenvalue weighted by molar-refractivity contribution is 5.92. The summed E-state index contributed by atoms with van der Waals surface area (Å²) in [5.74, 6) is -1.06. The second-order valence-corrected chi connectivity index (χ2v) is 12.3. The van der Waals surface area contributed by atoms with Gasteiger partial charge in [0.2, 0.25) is 11.8 Å². The molecule has 230 valence electrons. The van der Waals surface area contributed by atoms with E-state index < -0.39 is 41.6 Å². The Balaban J connectivity index is 1.67. The minimum absolute atomic E-state index is 0.166. The van der Waals surface area contributed by atoms with Crippen molar-refractivity contribution in [2.24, 2.45) is 0 Å². The average molecular weight is 592 g/mol. The summed E-state index contributed by atoms with van der Waals surface area (Å²) in [6, 6.07) is 17.8. The predicted molar refractivity (Wildman–Crippen MR) is 164 cm³/mol. The van der Waals surface area contributed by atoms with E-state index in [0.717, 1.165) is 16.3 Å². The maximum atomic E-state index is 14.4. The topological polar surface area (TPSA) is 90.4 Å². The number of amides is 3. The monoisotopic (exact) mass is 591 g/mol. The van der Waals surface area contributed by atoms with Gasteiger partial charge in [-0.1, -0.05) is 54.6 Å². The Morgan fingerprint density at radius 3 is 2.09 bits per heavy atom. The SMILES string of the molecule is CN(C(=O)OC(C)(C)C)[C@H](Cc1ccc2ccccc2c1)C(=O)N(C)[C@H](Cc1ccc(F)cc1)C(=O)N1CCC(O)CC1. The van der Waals surface area contributed by atoms with Crippen LogP contribution in [0.3, 0.4) is 0 Å². The fourth-order valence-electron chi connectivity index (χ4n) is 5.36. The van der Waals surface area contributed by atoms with Gasteiger partial charge in [0.15, 0.2) is 0 Å². The summed E-state index contributed by atoms with van der Waals surface area (Å²) < 4.78 is 19.3. The smallest absolute Gasteiger partial charge is 0.410 e. The molecule has 0 aliphatic carbocycles. The lowest BCUT2D eigenvalue weighted by Crippen LogP contribution is -2.57. The standard InChI is InChI=1S/C34H42FN3O5/c1-34(2,3)43-33(42)37(5)29(22-24-10-13-25-8-6-7-9-26(25)20-24)31(40)36(4)30(21-23-11-14-27(35)15-12-23)32(41)38-18-16-28(39)17-19-38/h6-15,20,28-30,39H,16-19,21-22H2,1-5H3/t29-,30-/m1/s1. The summed E-state index contributed by atoms with van der Waals surface area (Å²) >= 11 is 0. The minimum Gasteiger partial charge on any atom is -0.444 e. The van der Waals surface area contributed by atoms with Gasteiger partial charge < -0.3 is 19.6 Å². The molecule has 1 aliphatic rings. The van der Waals surface area contributed by atoms with Crippen molar-refractivity contribution in [1.29, 1.82) is 0 Å². The number of fused-ring (bicyclic) bond motifs is 1. The summed E-state index contributed by atoms with van der Waals surface area (Å²) in [7, 11) is 3.11. The van der Waals surface area contributed by atoms with E-state index in [1.54, 1.807) is 44.9 Å². The van der Waals surface area contributed by atoms with Gasteiger partial charge in [0.1, 0.15) is 23.5 Å². The number of carbonyl (C=O) groups excluding carboxylic acids is 3. The van der Waals surface area contributed by atoms with Crippen molar-refractivity contribution in [2.45, 2.75) is 70.2 Å². The molecule has 1 heterocycles. The van der Waals surface area contributed by atoms with Crippen LogP contribution < -0.4 is 0 Å². The minimum atomic E-state index is -0.965. The zero-order valence-electron chi connectivity index (χ0n) is 25.6. The highest BCUT2D eigenvalue weighted by Gasteiger charge is 2.38. The van der Waals surface area contributed by atoms with Crippen molar-refractivity contribution < 1.29 is 28.6 Å². The highest BCUT2D eigenvalue weighted by Crippen LogP contribution is 2.22. The van der Waals surface area contributed by atoms with E-state index in [0.29, 0.717) is 31.5 Å². The molecule has 3 aromatic rings. The zero-order chi connectivity index (χ0) is 31.3. The molecule has 4 rings (SSSR count). The van der Waals surface area contributed by atoms with Crippen LogP contribution in [0.1, 0.15) is 44.7 Å². The second kappa shape index (κ2) is 13.5. The van der Waals surface area contributed by atoms with Gasteiger partial charge in [-0.15, -0.1) is 0 Å². The van der Waals surface area contributed by atoms with Gasteiger partial charge in [0.05, 0.1) is 6.10 Å². The van der Waals surface area contributed by atoms with Gasteiger partial charge in [-0.25, -0.2) is 9.18 Å². The number of benzene rings is 3. The van der Waals surface area contributed by atoms with Gasteiger partial charge >= 0.3 is 6.09 Å². The first-order chi connectivity index (χ1) is 20.3. The number of halogens is 1. The quantitative estimate of drug-likeness (QED) is 0.406. The molecule has 0 unspecified atom stereocenters. The molecule has 3 aromatic carbocycles. The van der Waals surface area contributed by atoms with Crippen LogP contribution >= 0.6 is 0 Å². The predicted octanol–water partition coefficient (Wildman–Crippen LogP) is 4.81. The van der Waals surface area contributed by atoms with Crippen LogP contribution in [-0.2, 0) is 27.2 Å². The number of likely N-dealkylation sites (N-methyl/N-ethyl adjacent to an activating group) is 2. The van der Waals surface area contributed by atoms with Gasteiger partial charge in [-0.2, -0.15) is 0 Å². The molecule has 9 heteroatoms. The number of ether oxygens (including phenoxy) is 1. The zero-order valence-corrected chi connectivity index (χ0v) is 25.6. The molecule has 2 atom stereocenters. The molecule has 1 fully saturated rings. The number of aliphatic hydroxyl groups excluding tert-OH is 1. The number of nitrogens with zero attached hydrogens (tertiary/aromatic N) is 3. The first kappa shape index (κ1) is 31.9. The Morgan fingerprint density at radius 1 is 0.884 bits per heavy atom. The molecule has 0 saturated carbocycles. The van der Waals surface area contributed by atoms with E-state index in [9.17, 15) is 23.9 Å².